The van der Waals surface area contributed by atoms with Crippen molar-refractivity contribution in [2.75, 3.05) is 25.1 Å². The summed E-state index contributed by atoms with van der Waals surface area (Å²) in [5.74, 6) is -0.235. The molecule has 2 aromatic rings. The van der Waals surface area contributed by atoms with E-state index in [1.807, 2.05) is 0 Å². The number of para-hydroxylation sites is 1. The molecule has 2 aromatic carbocycles. The number of nitrogens with zero attached hydrogens (tertiary/aromatic N) is 1. The maximum absolute atomic E-state index is 13.3. The number of urea groups is 1. The third kappa shape index (κ3) is 2.70. The standard InChI is InChI=1S/C21H17N3O6/c25-15(12-5-6-17-14(9-12)22-18(26)11-30-17)10-24-19(27)21(23-20(24)28)7-8-29-16-4-2-1-3-13(16)21/h1-6,9H,7-8,10-11H2,(H,22,26)(H,23,28)/t21-/m0/s1. The molecule has 1 saturated heterocycles. The highest BCUT2D eigenvalue weighted by atomic mass is 16.5. The Balaban J connectivity index is 1.41. The number of benzene rings is 2. The highest BCUT2D eigenvalue weighted by Gasteiger charge is 2.55. The number of anilines is 1. The van der Waals surface area contributed by atoms with Gasteiger partial charge in [-0.2, -0.15) is 0 Å². The molecule has 0 radical (unpaired) electrons. The van der Waals surface area contributed by atoms with Crippen LogP contribution < -0.4 is 20.1 Å². The van der Waals surface area contributed by atoms with Gasteiger partial charge in [0.25, 0.3) is 11.8 Å². The van der Waals surface area contributed by atoms with Gasteiger partial charge in [-0.05, 0) is 24.3 Å². The van der Waals surface area contributed by atoms with E-state index in [-0.39, 0.29) is 31.1 Å². The molecule has 5 rings (SSSR count). The molecule has 0 aromatic heterocycles. The molecular formula is C21H17N3O6. The van der Waals surface area contributed by atoms with Crippen molar-refractivity contribution in [2.45, 2.75) is 12.0 Å². The van der Waals surface area contributed by atoms with Crippen molar-refractivity contribution in [3.8, 4) is 11.5 Å². The first kappa shape index (κ1) is 18.2. The van der Waals surface area contributed by atoms with Crippen molar-refractivity contribution < 1.29 is 28.7 Å². The summed E-state index contributed by atoms with van der Waals surface area (Å²) in [6, 6.07) is 11.0. The summed E-state index contributed by atoms with van der Waals surface area (Å²) >= 11 is 0. The minimum absolute atomic E-state index is 0.0873. The van der Waals surface area contributed by atoms with Crippen LogP contribution in [-0.2, 0) is 15.1 Å². The maximum Gasteiger partial charge on any atom is 0.325 e. The SMILES string of the molecule is O=C1COc2ccc(C(=O)CN3C(=O)N[C@]4(CCOc5ccccc54)C3=O)cc2N1. The molecule has 0 aliphatic carbocycles. The largest absolute Gasteiger partial charge is 0.493 e. The average Bonchev–Trinajstić information content (AvgIpc) is 2.98. The minimum atomic E-state index is -1.23. The third-order valence-electron chi connectivity index (χ3n) is 5.49. The van der Waals surface area contributed by atoms with E-state index >= 15 is 0 Å². The van der Waals surface area contributed by atoms with E-state index in [4.69, 9.17) is 9.47 Å². The van der Waals surface area contributed by atoms with Crippen LogP contribution in [0.2, 0.25) is 0 Å². The summed E-state index contributed by atoms with van der Waals surface area (Å²) in [7, 11) is 0. The topological polar surface area (TPSA) is 114 Å². The third-order valence-corrected chi connectivity index (χ3v) is 5.49. The van der Waals surface area contributed by atoms with Crippen LogP contribution in [0.4, 0.5) is 10.5 Å². The number of nitrogens with one attached hydrogen (secondary N) is 2. The normalized spacial score (nSPS) is 21.9. The van der Waals surface area contributed by atoms with Crippen molar-refractivity contribution in [3.63, 3.8) is 0 Å². The average molecular weight is 407 g/mol. The smallest absolute Gasteiger partial charge is 0.325 e. The first-order chi connectivity index (χ1) is 14.5. The van der Waals surface area contributed by atoms with E-state index in [1.54, 1.807) is 30.3 Å². The van der Waals surface area contributed by atoms with Crippen LogP contribution in [-0.4, -0.2) is 48.3 Å². The number of hydrogen-bond acceptors (Lipinski definition) is 6. The lowest BCUT2D eigenvalue weighted by Gasteiger charge is -2.33. The zero-order chi connectivity index (χ0) is 20.9. The van der Waals surface area contributed by atoms with Crippen LogP contribution in [0.15, 0.2) is 42.5 Å². The van der Waals surface area contributed by atoms with Crippen molar-refractivity contribution in [1.82, 2.24) is 10.2 Å². The monoisotopic (exact) mass is 407 g/mol. The molecule has 30 heavy (non-hydrogen) atoms. The van der Waals surface area contributed by atoms with Gasteiger partial charge in [-0.15, -0.1) is 0 Å². The van der Waals surface area contributed by atoms with Gasteiger partial charge in [-0.25, -0.2) is 4.79 Å². The van der Waals surface area contributed by atoms with Gasteiger partial charge in [-0.3, -0.25) is 19.3 Å². The summed E-state index contributed by atoms with van der Waals surface area (Å²) < 4.78 is 10.9. The van der Waals surface area contributed by atoms with Crippen molar-refractivity contribution >= 4 is 29.3 Å². The Hall–Kier alpha value is -3.88. The van der Waals surface area contributed by atoms with Crippen LogP contribution in [0.1, 0.15) is 22.3 Å². The summed E-state index contributed by atoms with van der Waals surface area (Å²) in [5, 5.41) is 5.40. The fourth-order valence-electron chi connectivity index (χ4n) is 4.01. The Morgan fingerprint density at radius 1 is 1.07 bits per heavy atom. The van der Waals surface area contributed by atoms with Crippen molar-refractivity contribution in [2.24, 2.45) is 0 Å². The van der Waals surface area contributed by atoms with Crippen molar-refractivity contribution in [1.29, 1.82) is 0 Å². The van der Waals surface area contributed by atoms with E-state index in [0.717, 1.165) is 4.90 Å². The van der Waals surface area contributed by atoms with Gasteiger partial charge < -0.3 is 20.1 Å². The number of carbonyl (C=O) groups excluding carboxylic acids is 4. The second-order valence-corrected chi connectivity index (χ2v) is 7.29. The van der Waals surface area contributed by atoms with Gasteiger partial charge >= 0.3 is 6.03 Å². The molecule has 1 fully saturated rings. The van der Waals surface area contributed by atoms with Gasteiger partial charge in [0.2, 0.25) is 0 Å². The van der Waals surface area contributed by atoms with Crippen molar-refractivity contribution in [3.05, 3.63) is 53.6 Å². The fourth-order valence-corrected chi connectivity index (χ4v) is 4.01. The highest BCUT2D eigenvalue weighted by molar-refractivity contribution is 6.12. The zero-order valence-electron chi connectivity index (χ0n) is 15.8. The Labute approximate surface area is 170 Å². The number of carbonyl (C=O) groups is 4. The molecule has 0 saturated carbocycles. The number of Topliss-reactive ketones (excluding diaryl/α,β-unsaturated/α-hetero) is 1. The van der Waals surface area contributed by atoms with Crippen LogP contribution >= 0.6 is 0 Å². The van der Waals surface area contributed by atoms with E-state index in [2.05, 4.69) is 10.6 Å². The lowest BCUT2D eigenvalue weighted by atomic mass is 9.84. The molecule has 1 atom stereocenters. The highest BCUT2D eigenvalue weighted by Crippen LogP contribution is 2.41. The van der Waals surface area contributed by atoms with Gasteiger partial charge in [0, 0.05) is 17.5 Å². The van der Waals surface area contributed by atoms with Gasteiger partial charge in [0.15, 0.2) is 17.9 Å². The Morgan fingerprint density at radius 2 is 1.90 bits per heavy atom. The molecule has 0 unspecified atom stereocenters. The van der Waals surface area contributed by atoms with E-state index in [0.29, 0.717) is 22.7 Å². The van der Waals surface area contributed by atoms with Crippen LogP contribution in [0.5, 0.6) is 11.5 Å². The summed E-state index contributed by atoms with van der Waals surface area (Å²) in [6.45, 7) is -0.228. The molecule has 3 aliphatic rings. The molecule has 3 heterocycles. The second-order valence-electron chi connectivity index (χ2n) is 7.29. The molecule has 4 amide bonds. The molecule has 1 spiro atoms. The van der Waals surface area contributed by atoms with Gasteiger partial charge in [0.05, 0.1) is 18.8 Å². The maximum atomic E-state index is 13.3. The van der Waals surface area contributed by atoms with E-state index < -0.39 is 29.8 Å². The lowest BCUT2D eigenvalue weighted by Crippen LogP contribution is -2.47. The number of rotatable bonds is 3. The van der Waals surface area contributed by atoms with Gasteiger partial charge in [0.1, 0.15) is 11.5 Å². The second kappa shape index (κ2) is 6.58. The Kier molecular flexibility index (Phi) is 3.99. The number of ether oxygens (including phenoxy) is 2. The van der Waals surface area contributed by atoms with E-state index in [9.17, 15) is 19.2 Å². The molecule has 3 aliphatic heterocycles. The Bertz CT molecular complexity index is 1110. The predicted molar refractivity (Wildman–Crippen MR) is 103 cm³/mol. The molecule has 9 nitrogen and oxygen atoms in total. The van der Waals surface area contributed by atoms with Gasteiger partial charge in [-0.1, -0.05) is 18.2 Å². The molecule has 9 heteroatoms. The minimum Gasteiger partial charge on any atom is -0.493 e. The van der Waals surface area contributed by atoms with E-state index in [1.165, 1.54) is 12.1 Å². The molecule has 0 bridgehead atoms. The number of amides is 4. The summed E-state index contributed by atoms with van der Waals surface area (Å²) in [4.78, 5) is 51.2. The number of hydrogen-bond donors (Lipinski definition) is 2. The molecule has 152 valence electrons. The number of imide groups is 1. The van der Waals surface area contributed by atoms with Crippen LogP contribution in [0.3, 0.4) is 0 Å². The lowest BCUT2D eigenvalue weighted by molar-refractivity contribution is -0.132. The first-order valence-corrected chi connectivity index (χ1v) is 9.44. The fraction of sp³-hybridized carbons (Fsp3) is 0.238. The summed E-state index contributed by atoms with van der Waals surface area (Å²) in [5.41, 5.74) is -0.0139. The van der Waals surface area contributed by atoms with Crippen LogP contribution in [0, 0.1) is 0 Å². The first-order valence-electron chi connectivity index (χ1n) is 9.44. The van der Waals surface area contributed by atoms with Crippen LogP contribution in [0.25, 0.3) is 0 Å². The number of fused-ring (bicyclic) bond motifs is 3. The predicted octanol–water partition coefficient (Wildman–Crippen LogP) is 1.43. The molecular weight excluding hydrogens is 390 g/mol. The molecule has 2 N–H and O–H groups in total. The zero-order valence-corrected chi connectivity index (χ0v) is 15.8. The quantitative estimate of drug-likeness (QED) is 0.588. The summed E-state index contributed by atoms with van der Waals surface area (Å²) in [6.07, 6.45) is 0.279. The Morgan fingerprint density at radius 3 is 2.77 bits per heavy atom. The number of ketones is 1.